The first-order valence-corrected chi connectivity index (χ1v) is 12.0. The van der Waals surface area contributed by atoms with Gasteiger partial charge < -0.3 is 18.9 Å². The van der Waals surface area contributed by atoms with Gasteiger partial charge in [-0.2, -0.15) is 0 Å². The van der Waals surface area contributed by atoms with Crippen LogP contribution in [0, 0.1) is 5.41 Å². The summed E-state index contributed by atoms with van der Waals surface area (Å²) >= 11 is 0. The summed E-state index contributed by atoms with van der Waals surface area (Å²) in [5.74, 6) is 1.25. The molecule has 0 aromatic heterocycles. The molecule has 6 heteroatoms. The topological polar surface area (TPSA) is 55.8 Å². The number of carbonyl (C=O) groups excluding carboxylic acids is 1. The third-order valence-corrected chi connectivity index (χ3v) is 9.72. The first kappa shape index (κ1) is 22.4. The molecule has 2 aromatic carbocycles. The number of rotatable bonds is 3. The highest BCUT2D eigenvalue weighted by Gasteiger charge is 2.51. The van der Waals surface area contributed by atoms with E-state index in [0.29, 0.717) is 11.5 Å². The number of methoxy groups -OCH3 is 2. The second kappa shape index (κ2) is 7.46. The molecule has 1 atom stereocenters. The van der Waals surface area contributed by atoms with E-state index < -0.39 is 17.7 Å². The van der Waals surface area contributed by atoms with Crippen LogP contribution in [0.4, 0.5) is 5.69 Å². The van der Waals surface area contributed by atoms with Crippen LogP contribution in [0.1, 0.15) is 41.5 Å². The van der Waals surface area contributed by atoms with E-state index in [0.717, 1.165) is 22.1 Å². The van der Waals surface area contributed by atoms with Crippen LogP contribution in [0.15, 0.2) is 36.4 Å². The van der Waals surface area contributed by atoms with Crippen molar-refractivity contribution in [1.82, 2.24) is 0 Å². The number of benzene rings is 2. The van der Waals surface area contributed by atoms with E-state index in [-0.39, 0.29) is 12.2 Å². The van der Waals surface area contributed by atoms with E-state index in [1.165, 1.54) is 0 Å². The van der Waals surface area contributed by atoms with Gasteiger partial charge in [0.05, 0.1) is 31.8 Å². The molecule has 2 aromatic rings. The highest BCUT2D eigenvalue weighted by molar-refractivity contribution is 7.74. The summed E-state index contributed by atoms with van der Waals surface area (Å²) in [5, 5.41) is 0.220. The van der Waals surface area contributed by atoms with E-state index >= 15 is 0 Å². The number of carbonyl (C=O) groups is 1. The number of ether oxygens (including phenoxy) is 2. The van der Waals surface area contributed by atoms with Gasteiger partial charge in [-0.1, -0.05) is 59.7 Å². The third kappa shape index (κ3) is 3.43. The summed E-state index contributed by atoms with van der Waals surface area (Å²) < 4.78 is 25.9. The largest absolute Gasteiger partial charge is 0.496 e. The molecular weight excluding hydrogens is 397 g/mol. The van der Waals surface area contributed by atoms with E-state index in [1.54, 1.807) is 19.1 Å². The Balaban J connectivity index is 2.40. The molecule has 0 N–H and O–H groups in total. The molecule has 1 heterocycles. The minimum Gasteiger partial charge on any atom is -0.496 e. The third-order valence-electron chi connectivity index (χ3n) is 5.67. The lowest BCUT2D eigenvalue weighted by atomic mass is 9.94. The van der Waals surface area contributed by atoms with Crippen molar-refractivity contribution in [3.63, 3.8) is 0 Å². The first-order valence-electron chi connectivity index (χ1n) is 10.1. The van der Waals surface area contributed by atoms with Gasteiger partial charge in [-0.15, -0.1) is 0 Å². The first-order chi connectivity index (χ1) is 13.9. The molecular formula is C24H32NO4P. The molecule has 30 heavy (non-hydrogen) atoms. The zero-order valence-corrected chi connectivity index (χ0v) is 20.1. The van der Waals surface area contributed by atoms with Crippen molar-refractivity contribution in [2.45, 2.75) is 46.7 Å². The number of hydrogen-bond donors (Lipinski definition) is 0. The maximum atomic E-state index is 14.6. The molecule has 1 amide bonds. The van der Waals surface area contributed by atoms with E-state index in [2.05, 4.69) is 0 Å². The summed E-state index contributed by atoms with van der Waals surface area (Å²) in [4.78, 5) is 15.0. The van der Waals surface area contributed by atoms with Gasteiger partial charge in [-0.05, 0) is 18.2 Å². The number of hydrogen-bond acceptors (Lipinski definition) is 4. The molecule has 0 bridgehead atoms. The van der Waals surface area contributed by atoms with Crippen molar-refractivity contribution in [2.24, 2.45) is 5.41 Å². The Kier molecular flexibility index (Phi) is 5.57. The predicted octanol–water partition coefficient (Wildman–Crippen LogP) is 5.51. The minimum absolute atomic E-state index is 0.0325. The molecule has 0 saturated carbocycles. The predicted molar refractivity (Wildman–Crippen MR) is 124 cm³/mol. The van der Waals surface area contributed by atoms with E-state index in [1.807, 2.05) is 77.9 Å². The summed E-state index contributed by atoms with van der Waals surface area (Å²) in [5.41, 5.74) is 1.69. The van der Waals surface area contributed by atoms with Gasteiger partial charge in [0.1, 0.15) is 18.6 Å². The smallest absolute Gasteiger partial charge is 0.232 e. The fraction of sp³-hybridized carbons (Fsp3) is 0.458. The lowest BCUT2D eigenvalue weighted by Crippen LogP contribution is -2.38. The molecule has 0 fully saturated rings. The molecule has 0 saturated heterocycles. The molecule has 0 aliphatic carbocycles. The molecule has 162 valence electrons. The summed E-state index contributed by atoms with van der Waals surface area (Å²) in [6, 6.07) is 11.3. The van der Waals surface area contributed by atoms with Crippen molar-refractivity contribution in [2.75, 3.05) is 25.4 Å². The zero-order chi connectivity index (χ0) is 22.5. The molecule has 1 unspecified atom stereocenters. The van der Waals surface area contributed by atoms with Gasteiger partial charge in [0.15, 0.2) is 0 Å². The van der Waals surface area contributed by atoms with Gasteiger partial charge in [0.2, 0.25) is 5.91 Å². The second-order valence-corrected chi connectivity index (χ2v) is 13.3. The van der Waals surface area contributed by atoms with Crippen LogP contribution < -0.4 is 19.7 Å². The van der Waals surface area contributed by atoms with Gasteiger partial charge in [0, 0.05) is 21.4 Å². The Morgan fingerprint density at radius 1 is 0.933 bits per heavy atom. The van der Waals surface area contributed by atoms with Gasteiger partial charge in [-0.3, -0.25) is 4.79 Å². The van der Waals surface area contributed by atoms with Crippen LogP contribution >= 0.6 is 7.14 Å². The van der Waals surface area contributed by atoms with Crippen LogP contribution in [0.2, 0.25) is 0 Å². The van der Waals surface area contributed by atoms with E-state index in [9.17, 15) is 9.36 Å². The van der Waals surface area contributed by atoms with Crippen molar-refractivity contribution in [3.05, 3.63) is 36.4 Å². The van der Waals surface area contributed by atoms with Crippen molar-refractivity contribution >= 4 is 24.0 Å². The summed E-state index contributed by atoms with van der Waals surface area (Å²) in [6.45, 7) is 11.6. The van der Waals surface area contributed by atoms with Crippen LogP contribution in [-0.2, 0) is 9.36 Å². The van der Waals surface area contributed by atoms with Crippen molar-refractivity contribution < 1.29 is 18.8 Å². The van der Waals surface area contributed by atoms with Gasteiger partial charge >= 0.3 is 0 Å². The number of anilines is 1. The Morgan fingerprint density at radius 3 is 1.93 bits per heavy atom. The highest BCUT2D eigenvalue weighted by atomic mass is 31.2. The molecule has 1 aliphatic heterocycles. The van der Waals surface area contributed by atoms with Crippen LogP contribution in [-0.4, -0.2) is 31.6 Å². The van der Waals surface area contributed by atoms with Crippen LogP contribution in [0.3, 0.4) is 0 Å². The molecule has 0 radical (unpaired) electrons. The standard InChI is InChI=1S/C24H32NO4P/c1-23(2,3)22(26)25-15-30(27,24(4,5)6)21-16(11-9-12-17(21)25)20-18(28-7)13-10-14-19(20)29-8/h9-14H,15H2,1-8H3. The fourth-order valence-corrected chi connectivity index (χ4v) is 6.98. The minimum atomic E-state index is -2.99. The summed E-state index contributed by atoms with van der Waals surface area (Å²) in [7, 11) is 0.230. The number of nitrogens with zero attached hydrogens (tertiary/aromatic N) is 1. The lowest BCUT2D eigenvalue weighted by Gasteiger charge is -2.30. The zero-order valence-electron chi connectivity index (χ0n) is 19.2. The average molecular weight is 429 g/mol. The average Bonchev–Trinajstić information content (AvgIpc) is 3.00. The lowest BCUT2D eigenvalue weighted by molar-refractivity contribution is -0.125. The van der Waals surface area contributed by atoms with E-state index in [4.69, 9.17) is 9.47 Å². The van der Waals surface area contributed by atoms with Gasteiger partial charge in [0.25, 0.3) is 0 Å². The molecule has 1 aliphatic rings. The number of amides is 1. The quantitative estimate of drug-likeness (QED) is 0.604. The van der Waals surface area contributed by atoms with Crippen molar-refractivity contribution in [3.8, 4) is 22.6 Å². The second-order valence-electron chi connectivity index (χ2n) is 9.75. The Bertz CT molecular complexity index is 1010. The summed E-state index contributed by atoms with van der Waals surface area (Å²) in [6.07, 6.45) is 0.205. The monoisotopic (exact) mass is 429 g/mol. The SMILES string of the molecule is COc1cccc(OC)c1-c1cccc2c1P(=O)(C(C)(C)C)CN2C(=O)C(C)(C)C. The maximum absolute atomic E-state index is 14.6. The van der Waals surface area contributed by atoms with Crippen molar-refractivity contribution in [1.29, 1.82) is 0 Å². The number of fused-ring (bicyclic) bond motifs is 1. The molecule has 3 rings (SSSR count). The molecule has 5 nitrogen and oxygen atoms in total. The fourth-order valence-electron chi connectivity index (χ4n) is 3.92. The van der Waals surface area contributed by atoms with Crippen LogP contribution in [0.25, 0.3) is 11.1 Å². The van der Waals surface area contributed by atoms with Gasteiger partial charge in [-0.25, -0.2) is 0 Å². The highest BCUT2D eigenvalue weighted by Crippen LogP contribution is 2.64. The Morgan fingerprint density at radius 2 is 1.47 bits per heavy atom. The Labute approximate surface area is 179 Å². The maximum Gasteiger partial charge on any atom is 0.232 e. The molecule has 0 spiro atoms. The van der Waals surface area contributed by atoms with Crippen LogP contribution in [0.5, 0.6) is 11.5 Å². The Hall–Kier alpha value is -2.26. The normalized spacial score (nSPS) is 18.9.